The van der Waals surface area contributed by atoms with E-state index in [4.69, 9.17) is 0 Å². The van der Waals surface area contributed by atoms with Crippen LogP contribution in [0.2, 0.25) is 0 Å². The SMILES string of the molecule is CCC(=O)CCC(=O)N(Cc1cc(F)cc(C(F)(F)F)c1)C(C)C. The number of benzene rings is 1. The van der Waals surface area contributed by atoms with Crippen molar-refractivity contribution in [2.75, 3.05) is 0 Å². The number of carbonyl (C=O) groups is 2. The van der Waals surface area contributed by atoms with Crippen LogP contribution in [0.5, 0.6) is 0 Å². The number of hydrogen-bond acceptors (Lipinski definition) is 2. The van der Waals surface area contributed by atoms with Crippen LogP contribution >= 0.6 is 0 Å². The summed E-state index contributed by atoms with van der Waals surface area (Å²) in [7, 11) is 0. The van der Waals surface area contributed by atoms with Crippen LogP contribution in [-0.2, 0) is 22.3 Å². The van der Waals surface area contributed by atoms with E-state index in [1.807, 2.05) is 0 Å². The van der Waals surface area contributed by atoms with E-state index >= 15 is 0 Å². The smallest absolute Gasteiger partial charge is 0.336 e. The summed E-state index contributed by atoms with van der Waals surface area (Å²) < 4.78 is 51.8. The standard InChI is InChI=1S/C17H21F4NO2/c1-4-15(23)5-6-16(24)22(11(2)3)10-12-7-13(17(19,20)21)9-14(18)8-12/h7-9,11H,4-6,10H2,1-3H3. The molecular formula is C17H21F4NO2. The molecule has 24 heavy (non-hydrogen) atoms. The molecule has 0 aliphatic carbocycles. The summed E-state index contributed by atoms with van der Waals surface area (Å²) in [6, 6.07) is 1.95. The second-order valence-corrected chi connectivity index (χ2v) is 5.85. The summed E-state index contributed by atoms with van der Waals surface area (Å²) >= 11 is 0. The van der Waals surface area contributed by atoms with E-state index < -0.39 is 17.6 Å². The molecule has 0 heterocycles. The number of Topliss-reactive ketones (excluding diaryl/α,β-unsaturated/α-hetero) is 1. The van der Waals surface area contributed by atoms with Crippen molar-refractivity contribution in [3.8, 4) is 0 Å². The van der Waals surface area contributed by atoms with Crippen molar-refractivity contribution >= 4 is 11.7 Å². The zero-order chi connectivity index (χ0) is 18.5. The van der Waals surface area contributed by atoms with Crippen LogP contribution in [0.3, 0.4) is 0 Å². The molecule has 0 spiro atoms. The Bertz CT molecular complexity index is 597. The number of halogens is 4. The van der Waals surface area contributed by atoms with Crippen molar-refractivity contribution in [1.82, 2.24) is 4.90 Å². The molecule has 1 aromatic rings. The fourth-order valence-corrected chi connectivity index (χ4v) is 2.23. The highest BCUT2D eigenvalue weighted by atomic mass is 19.4. The van der Waals surface area contributed by atoms with Gasteiger partial charge in [-0.25, -0.2) is 4.39 Å². The number of nitrogens with zero attached hydrogens (tertiary/aromatic N) is 1. The summed E-state index contributed by atoms with van der Waals surface area (Å²) in [5.41, 5.74) is -1.03. The van der Waals surface area contributed by atoms with Crippen LogP contribution in [0.25, 0.3) is 0 Å². The van der Waals surface area contributed by atoms with Gasteiger partial charge in [0.15, 0.2) is 0 Å². The number of ketones is 1. The molecular weight excluding hydrogens is 326 g/mol. The first kappa shape index (κ1) is 20.1. The van der Waals surface area contributed by atoms with E-state index in [0.29, 0.717) is 12.5 Å². The van der Waals surface area contributed by atoms with Crippen LogP contribution in [0.4, 0.5) is 17.6 Å². The van der Waals surface area contributed by atoms with Gasteiger partial charge in [-0.3, -0.25) is 9.59 Å². The van der Waals surface area contributed by atoms with Gasteiger partial charge in [-0.2, -0.15) is 13.2 Å². The van der Waals surface area contributed by atoms with Crippen molar-refractivity contribution in [2.45, 2.75) is 58.8 Å². The maximum Gasteiger partial charge on any atom is 0.416 e. The largest absolute Gasteiger partial charge is 0.416 e. The van der Waals surface area contributed by atoms with Crippen LogP contribution in [0.15, 0.2) is 18.2 Å². The summed E-state index contributed by atoms with van der Waals surface area (Å²) in [6.07, 6.45) is -4.24. The zero-order valence-electron chi connectivity index (χ0n) is 13.9. The van der Waals surface area contributed by atoms with Gasteiger partial charge in [0.25, 0.3) is 0 Å². The van der Waals surface area contributed by atoms with Crippen molar-refractivity contribution in [1.29, 1.82) is 0 Å². The molecule has 0 fully saturated rings. The van der Waals surface area contributed by atoms with Gasteiger partial charge in [0.1, 0.15) is 11.6 Å². The first-order valence-corrected chi connectivity index (χ1v) is 7.72. The second-order valence-electron chi connectivity index (χ2n) is 5.85. The molecule has 0 saturated heterocycles. The first-order chi connectivity index (χ1) is 11.0. The molecule has 134 valence electrons. The molecule has 0 unspecified atom stereocenters. The monoisotopic (exact) mass is 347 g/mol. The summed E-state index contributed by atoms with van der Waals surface area (Å²) in [4.78, 5) is 24.9. The molecule has 1 aromatic carbocycles. The number of amides is 1. The Morgan fingerprint density at radius 2 is 1.75 bits per heavy atom. The van der Waals surface area contributed by atoms with E-state index in [1.165, 1.54) is 4.90 Å². The van der Waals surface area contributed by atoms with Crippen LogP contribution in [-0.4, -0.2) is 22.6 Å². The third kappa shape index (κ3) is 5.94. The van der Waals surface area contributed by atoms with Crippen molar-refractivity contribution in [3.63, 3.8) is 0 Å². The summed E-state index contributed by atoms with van der Waals surface area (Å²) in [5.74, 6) is -1.40. The average molecular weight is 347 g/mol. The minimum absolute atomic E-state index is 0.00764. The molecule has 1 rings (SSSR count). The predicted molar refractivity (Wildman–Crippen MR) is 81.6 cm³/mol. The van der Waals surface area contributed by atoms with Crippen molar-refractivity contribution < 1.29 is 27.2 Å². The highest BCUT2D eigenvalue weighted by Crippen LogP contribution is 2.30. The molecule has 0 bridgehead atoms. The molecule has 0 aliphatic heterocycles. The molecule has 0 aromatic heterocycles. The number of hydrogen-bond donors (Lipinski definition) is 0. The Morgan fingerprint density at radius 3 is 2.25 bits per heavy atom. The zero-order valence-corrected chi connectivity index (χ0v) is 13.9. The Labute approximate surface area is 138 Å². The minimum Gasteiger partial charge on any atom is -0.336 e. The average Bonchev–Trinajstić information content (AvgIpc) is 2.48. The van der Waals surface area contributed by atoms with Gasteiger partial charge in [-0.15, -0.1) is 0 Å². The Morgan fingerprint density at radius 1 is 1.12 bits per heavy atom. The van der Waals surface area contributed by atoms with Crippen LogP contribution in [0, 0.1) is 5.82 Å². The number of rotatable bonds is 7. The van der Waals surface area contributed by atoms with Gasteiger partial charge in [0, 0.05) is 31.8 Å². The van der Waals surface area contributed by atoms with Crippen LogP contribution in [0.1, 0.15) is 51.2 Å². The maximum absolute atomic E-state index is 13.5. The van der Waals surface area contributed by atoms with Gasteiger partial charge in [0.2, 0.25) is 5.91 Å². The second kappa shape index (κ2) is 8.26. The van der Waals surface area contributed by atoms with Gasteiger partial charge >= 0.3 is 6.18 Å². The highest BCUT2D eigenvalue weighted by molar-refractivity contribution is 5.84. The predicted octanol–water partition coefficient (Wildman–Crippen LogP) is 4.34. The lowest BCUT2D eigenvalue weighted by atomic mass is 10.1. The van der Waals surface area contributed by atoms with Crippen molar-refractivity contribution in [3.05, 3.63) is 35.1 Å². The van der Waals surface area contributed by atoms with Gasteiger partial charge < -0.3 is 4.90 Å². The van der Waals surface area contributed by atoms with Gasteiger partial charge in [-0.05, 0) is 37.6 Å². The van der Waals surface area contributed by atoms with Crippen LogP contribution < -0.4 is 0 Å². The van der Waals surface area contributed by atoms with E-state index in [0.717, 1.165) is 12.1 Å². The molecule has 0 radical (unpaired) electrons. The minimum atomic E-state index is -4.66. The fraction of sp³-hybridized carbons (Fsp3) is 0.529. The third-order valence-electron chi connectivity index (χ3n) is 3.59. The van der Waals surface area contributed by atoms with E-state index in [9.17, 15) is 27.2 Å². The summed E-state index contributed by atoms with van der Waals surface area (Å²) in [6.45, 7) is 4.98. The van der Waals surface area contributed by atoms with E-state index in [2.05, 4.69) is 0 Å². The molecule has 0 aliphatic rings. The molecule has 1 amide bonds. The third-order valence-corrected chi connectivity index (χ3v) is 3.59. The lowest BCUT2D eigenvalue weighted by molar-refractivity contribution is -0.137. The fourth-order valence-electron chi connectivity index (χ4n) is 2.23. The normalized spacial score (nSPS) is 11.7. The first-order valence-electron chi connectivity index (χ1n) is 7.72. The number of carbonyl (C=O) groups excluding carboxylic acids is 2. The lowest BCUT2D eigenvalue weighted by Gasteiger charge is -2.27. The maximum atomic E-state index is 13.5. The highest BCUT2D eigenvalue weighted by Gasteiger charge is 2.31. The van der Waals surface area contributed by atoms with Gasteiger partial charge in [-0.1, -0.05) is 6.92 Å². The molecule has 0 atom stereocenters. The molecule has 3 nitrogen and oxygen atoms in total. The van der Waals surface area contributed by atoms with Gasteiger partial charge in [0.05, 0.1) is 5.56 Å². The number of alkyl halides is 3. The van der Waals surface area contributed by atoms with Crippen molar-refractivity contribution in [2.24, 2.45) is 0 Å². The van der Waals surface area contributed by atoms with E-state index in [1.54, 1.807) is 20.8 Å². The topological polar surface area (TPSA) is 37.4 Å². The molecule has 0 N–H and O–H groups in total. The Hall–Kier alpha value is -1.92. The van der Waals surface area contributed by atoms with E-state index in [-0.39, 0.29) is 42.7 Å². The molecule has 7 heteroatoms. The summed E-state index contributed by atoms with van der Waals surface area (Å²) in [5, 5.41) is 0. The molecule has 0 saturated carbocycles. The lowest BCUT2D eigenvalue weighted by Crippen LogP contribution is -2.36. The quantitative estimate of drug-likeness (QED) is 0.688. The Kier molecular flexibility index (Phi) is 6.93. The Balaban J connectivity index is 2.95.